The molecule has 0 aromatic carbocycles. The molecule has 0 spiro atoms. The van der Waals surface area contributed by atoms with Crippen molar-refractivity contribution < 1.29 is 0 Å². The van der Waals surface area contributed by atoms with E-state index in [9.17, 15) is 5.26 Å². The van der Waals surface area contributed by atoms with Gasteiger partial charge in [0.25, 0.3) is 0 Å². The highest BCUT2D eigenvalue weighted by atomic mass is 15.3. The smallest absolute Gasteiger partial charge is 0.147 e. The van der Waals surface area contributed by atoms with Gasteiger partial charge in [-0.2, -0.15) is 5.26 Å². The fourth-order valence-electron chi connectivity index (χ4n) is 3.60. The molecule has 2 saturated heterocycles. The third-order valence-electron chi connectivity index (χ3n) is 4.35. The Morgan fingerprint density at radius 3 is 2.53 bits per heavy atom. The lowest BCUT2D eigenvalue weighted by Gasteiger charge is -2.37. The number of nitriles is 1. The van der Waals surface area contributed by atoms with Crippen molar-refractivity contribution in [1.82, 2.24) is 4.98 Å². The van der Waals surface area contributed by atoms with Crippen molar-refractivity contribution in [3.05, 3.63) is 35.0 Å². The molecule has 2 fully saturated rings. The number of piperidine rings is 1. The predicted molar refractivity (Wildman–Crippen MR) is 76.1 cm³/mol. The van der Waals surface area contributed by atoms with Crippen molar-refractivity contribution in [3.63, 3.8) is 0 Å². The zero-order valence-corrected chi connectivity index (χ0v) is 11.6. The maximum Gasteiger partial charge on any atom is 0.147 e. The highest BCUT2D eigenvalue weighted by molar-refractivity contribution is 5.60. The van der Waals surface area contributed by atoms with Gasteiger partial charge < -0.3 is 4.90 Å². The molecule has 2 atom stereocenters. The van der Waals surface area contributed by atoms with Crippen LogP contribution in [-0.2, 0) is 0 Å². The molecule has 19 heavy (non-hydrogen) atoms. The number of pyridine rings is 1. The summed E-state index contributed by atoms with van der Waals surface area (Å²) in [4.78, 5) is 7.06. The molecule has 3 heteroatoms. The molecular formula is C16H19N3. The standard InChI is InChI=1S/C16H19N3/c1-10-6-13-4-5-14(7-10)19(13)16-15(9-17)11(2)8-12(3)18-16/h8,13-14H,1,4-7H2,2-3H3. The lowest BCUT2D eigenvalue weighted by molar-refractivity contribution is 0.545. The van der Waals surface area contributed by atoms with Crippen molar-refractivity contribution in [1.29, 1.82) is 5.26 Å². The maximum atomic E-state index is 9.43. The summed E-state index contributed by atoms with van der Waals surface area (Å²) in [6, 6.07) is 5.32. The predicted octanol–water partition coefficient (Wildman–Crippen LogP) is 3.26. The second kappa shape index (κ2) is 4.38. The van der Waals surface area contributed by atoms with E-state index in [1.165, 1.54) is 18.4 Å². The highest BCUT2D eigenvalue weighted by Crippen LogP contribution is 2.41. The Kier molecular flexibility index (Phi) is 2.82. The van der Waals surface area contributed by atoms with E-state index in [-0.39, 0.29) is 0 Å². The average molecular weight is 253 g/mol. The summed E-state index contributed by atoms with van der Waals surface area (Å²) in [6.07, 6.45) is 4.50. The van der Waals surface area contributed by atoms with Gasteiger partial charge in [-0.25, -0.2) is 4.98 Å². The molecular weight excluding hydrogens is 234 g/mol. The van der Waals surface area contributed by atoms with E-state index in [0.29, 0.717) is 12.1 Å². The molecule has 3 rings (SSSR count). The summed E-state index contributed by atoms with van der Waals surface area (Å²) in [5, 5.41) is 9.43. The van der Waals surface area contributed by atoms with Crippen LogP contribution in [0.1, 0.15) is 42.5 Å². The molecule has 2 aliphatic heterocycles. The minimum atomic E-state index is 0.493. The van der Waals surface area contributed by atoms with E-state index in [1.807, 2.05) is 19.9 Å². The molecule has 1 aromatic heterocycles. The van der Waals surface area contributed by atoms with Gasteiger partial charge in [-0.15, -0.1) is 0 Å². The minimum absolute atomic E-state index is 0.493. The van der Waals surface area contributed by atoms with E-state index in [1.54, 1.807) is 0 Å². The van der Waals surface area contributed by atoms with Crippen LogP contribution in [0.2, 0.25) is 0 Å². The maximum absolute atomic E-state index is 9.43. The molecule has 0 N–H and O–H groups in total. The number of fused-ring (bicyclic) bond motifs is 2. The zero-order chi connectivity index (χ0) is 13.6. The van der Waals surface area contributed by atoms with Gasteiger partial charge in [0.05, 0.1) is 5.56 Å². The van der Waals surface area contributed by atoms with Crippen molar-refractivity contribution >= 4 is 5.82 Å². The van der Waals surface area contributed by atoms with Crippen LogP contribution in [0.4, 0.5) is 5.82 Å². The first-order valence-corrected chi connectivity index (χ1v) is 6.93. The Morgan fingerprint density at radius 2 is 1.95 bits per heavy atom. The van der Waals surface area contributed by atoms with E-state index < -0.39 is 0 Å². The fourth-order valence-corrected chi connectivity index (χ4v) is 3.60. The third kappa shape index (κ3) is 1.92. The first-order valence-electron chi connectivity index (χ1n) is 6.93. The highest BCUT2D eigenvalue weighted by Gasteiger charge is 2.39. The van der Waals surface area contributed by atoms with Crippen molar-refractivity contribution in [2.24, 2.45) is 0 Å². The molecule has 1 aromatic rings. The molecule has 0 saturated carbocycles. The number of hydrogen-bond donors (Lipinski definition) is 0. The van der Waals surface area contributed by atoms with Crippen LogP contribution in [0.5, 0.6) is 0 Å². The van der Waals surface area contributed by atoms with Gasteiger partial charge >= 0.3 is 0 Å². The summed E-state index contributed by atoms with van der Waals surface area (Å²) in [5.74, 6) is 0.903. The van der Waals surface area contributed by atoms with Crippen LogP contribution in [0.3, 0.4) is 0 Å². The number of aryl methyl sites for hydroxylation is 2. The van der Waals surface area contributed by atoms with Crippen LogP contribution < -0.4 is 4.90 Å². The fraction of sp³-hybridized carbons (Fsp3) is 0.500. The van der Waals surface area contributed by atoms with E-state index >= 15 is 0 Å². The van der Waals surface area contributed by atoms with Crippen LogP contribution in [0.25, 0.3) is 0 Å². The first kappa shape index (κ1) is 12.2. The zero-order valence-electron chi connectivity index (χ0n) is 11.6. The summed E-state index contributed by atoms with van der Waals surface area (Å²) in [5.41, 5.74) is 4.13. The molecule has 2 aliphatic rings. The van der Waals surface area contributed by atoms with E-state index in [4.69, 9.17) is 0 Å². The number of hydrogen-bond acceptors (Lipinski definition) is 3. The monoisotopic (exact) mass is 253 g/mol. The molecule has 98 valence electrons. The van der Waals surface area contributed by atoms with E-state index in [0.717, 1.165) is 35.5 Å². The van der Waals surface area contributed by atoms with Crippen LogP contribution >= 0.6 is 0 Å². The summed E-state index contributed by atoms with van der Waals surface area (Å²) >= 11 is 0. The minimum Gasteiger partial charge on any atom is -0.349 e. The molecule has 0 radical (unpaired) electrons. The Balaban J connectivity index is 2.08. The number of anilines is 1. The molecule has 3 nitrogen and oxygen atoms in total. The third-order valence-corrected chi connectivity index (χ3v) is 4.35. The molecule has 3 heterocycles. The average Bonchev–Trinajstić information content (AvgIpc) is 2.60. The first-order chi connectivity index (χ1) is 9.10. The van der Waals surface area contributed by atoms with Gasteiger partial charge in [-0.05, 0) is 51.2 Å². The molecule has 2 unspecified atom stereocenters. The van der Waals surface area contributed by atoms with Gasteiger partial charge in [0, 0.05) is 17.8 Å². The van der Waals surface area contributed by atoms with Gasteiger partial charge in [0.15, 0.2) is 0 Å². The topological polar surface area (TPSA) is 39.9 Å². The molecule has 2 bridgehead atoms. The van der Waals surface area contributed by atoms with Crippen molar-refractivity contribution in [2.45, 2.75) is 51.6 Å². The number of rotatable bonds is 1. The Labute approximate surface area is 114 Å². The Morgan fingerprint density at radius 1 is 1.32 bits per heavy atom. The molecule has 0 aliphatic carbocycles. The van der Waals surface area contributed by atoms with Gasteiger partial charge in [0.2, 0.25) is 0 Å². The summed E-state index contributed by atoms with van der Waals surface area (Å²) < 4.78 is 0. The van der Waals surface area contributed by atoms with Crippen molar-refractivity contribution in [3.8, 4) is 6.07 Å². The van der Waals surface area contributed by atoms with Crippen LogP contribution in [0, 0.1) is 25.2 Å². The molecule has 0 amide bonds. The van der Waals surface area contributed by atoms with Gasteiger partial charge in [0.1, 0.15) is 11.9 Å². The summed E-state index contributed by atoms with van der Waals surface area (Å²) in [7, 11) is 0. The second-order valence-electron chi connectivity index (χ2n) is 5.84. The van der Waals surface area contributed by atoms with E-state index in [2.05, 4.69) is 22.5 Å². The largest absolute Gasteiger partial charge is 0.349 e. The Bertz CT molecular complexity index is 566. The van der Waals surface area contributed by atoms with Crippen LogP contribution in [0.15, 0.2) is 18.2 Å². The SMILES string of the molecule is C=C1CC2CCC(C1)N2c1nc(C)cc(C)c1C#N. The Hall–Kier alpha value is -1.82. The second-order valence-corrected chi connectivity index (χ2v) is 5.84. The van der Waals surface area contributed by atoms with Gasteiger partial charge in [-0.3, -0.25) is 0 Å². The van der Waals surface area contributed by atoms with Crippen LogP contribution in [-0.4, -0.2) is 17.1 Å². The normalized spacial score (nSPS) is 25.5. The number of nitrogens with zero attached hydrogens (tertiary/aromatic N) is 3. The van der Waals surface area contributed by atoms with Crippen molar-refractivity contribution in [2.75, 3.05) is 4.90 Å². The lowest BCUT2D eigenvalue weighted by Crippen LogP contribution is -2.41. The lowest BCUT2D eigenvalue weighted by atomic mass is 9.97. The quantitative estimate of drug-likeness (QED) is 0.721. The number of aromatic nitrogens is 1. The van der Waals surface area contributed by atoms with Gasteiger partial charge in [-0.1, -0.05) is 12.2 Å². The summed E-state index contributed by atoms with van der Waals surface area (Å²) in [6.45, 7) is 8.15.